The van der Waals surface area contributed by atoms with Crippen LogP contribution >= 0.6 is 0 Å². The van der Waals surface area contributed by atoms with Gasteiger partial charge in [0.1, 0.15) is 11.5 Å². The smallest absolute Gasteiger partial charge is 0.323 e. The standard InChI is InChI=1S/C14H13N3O5/c1-22-13-5-3-2-4-11(13)16-14(19)15-10-7-6-9(17(20)21)8-12(10)18/h2-8,18H,1H3,(H2,15,16,19). The quantitative estimate of drug-likeness (QED) is 0.456. The molecule has 114 valence electrons. The van der Waals surface area contributed by atoms with Crippen LogP contribution in [0, 0.1) is 10.1 Å². The number of ether oxygens (including phenoxy) is 1. The summed E-state index contributed by atoms with van der Waals surface area (Å²) in [5.41, 5.74) is 0.232. The number of rotatable bonds is 4. The molecule has 2 aromatic rings. The fourth-order valence-electron chi connectivity index (χ4n) is 1.76. The van der Waals surface area contributed by atoms with E-state index in [4.69, 9.17) is 4.74 Å². The number of hydrogen-bond donors (Lipinski definition) is 3. The highest BCUT2D eigenvalue weighted by Gasteiger charge is 2.13. The van der Waals surface area contributed by atoms with E-state index in [1.165, 1.54) is 19.2 Å². The van der Waals surface area contributed by atoms with E-state index in [1.807, 2.05) is 0 Å². The van der Waals surface area contributed by atoms with Crippen LogP contribution in [0.2, 0.25) is 0 Å². The Balaban J connectivity index is 2.11. The van der Waals surface area contributed by atoms with Crippen molar-refractivity contribution in [1.29, 1.82) is 0 Å². The summed E-state index contributed by atoms with van der Waals surface area (Å²) in [6, 6.07) is 9.57. The van der Waals surface area contributed by atoms with Gasteiger partial charge in [-0.25, -0.2) is 4.79 Å². The molecule has 2 amide bonds. The number of nitro groups is 1. The molecule has 3 N–H and O–H groups in total. The van der Waals surface area contributed by atoms with E-state index < -0.39 is 16.7 Å². The van der Waals surface area contributed by atoms with Gasteiger partial charge in [0.15, 0.2) is 0 Å². The normalized spacial score (nSPS) is 9.86. The number of nitro benzene ring substituents is 1. The Morgan fingerprint density at radius 2 is 1.86 bits per heavy atom. The Kier molecular flexibility index (Phi) is 4.42. The summed E-state index contributed by atoms with van der Waals surface area (Å²) in [6.07, 6.45) is 0. The fraction of sp³-hybridized carbons (Fsp3) is 0.0714. The van der Waals surface area contributed by atoms with Gasteiger partial charge in [-0.3, -0.25) is 10.1 Å². The van der Waals surface area contributed by atoms with E-state index in [1.54, 1.807) is 24.3 Å². The van der Waals surface area contributed by atoms with E-state index >= 15 is 0 Å². The minimum atomic E-state index is -0.640. The van der Waals surface area contributed by atoms with E-state index in [0.717, 1.165) is 6.07 Å². The average Bonchev–Trinajstić information content (AvgIpc) is 2.49. The van der Waals surface area contributed by atoms with Crippen LogP contribution in [0.15, 0.2) is 42.5 Å². The number of phenols is 1. The number of nitrogens with zero attached hydrogens (tertiary/aromatic N) is 1. The van der Waals surface area contributed by atoms with Crippen molar-refractivity contribution in [3.63, 3.8) is 0 Å². The first kappa shape index (κ1) is 15.1. The number of urea groups is 1. The van der Waals surface area contributed by atoms with Crippen molar-refractivity contribution in [1.82, 2.24) is 0 Å². The Hall–Kier alpha value is -3.29. The molecule has 0 saturated carbocycles. The molecular weight excluding hydrogens is 290 g/mol. The van der Waals surface area contributed by atoms with Crippen LogP contribution in [0.5, 0.6) is 11.5 Å². The van der Waals surface area contributed by atoms with Crippen molar-refractivity contribution in [2.45, 2.75) is 0 Å². The molecule has 0 saturated heterocycles. The van der Waals surface area contributed by atoms with Crippen LogP contribution in [0.4, 0.5) is 21.9 Å². The lowest BCUT2D eigenvalue weighted by molar-refractivity contribution is -0.384. The van der Waals surface area contributed by atoms with Gasteiger partial charge in [0.2, 0.25) is 0 Å². The fourth-order valence-corrected chi connectivity index (χ4v) is 1.76. The summed E-state index contributed by atoms with van der Waals surface area (Å²) in [4.78, 5) is 21.8. The summed E-state index contributed by atoms with van der Waals surface area (Å²) in [7, 11) is 1.47. The summed E-state index contributed by atoms with van der Waals surface area (Å²) in [5, 5.41) is 25.2. The lowest BCUT2D eigenvalue weighted by Crippen LogP contribution is -2.19. The molecular formula is C14H13N3O5. The van der Waals surface area contributed by atoms with Gasteiger partial charge in [0, 0.05) is 6.07 Å². The number of methoxy groups -OCH3 is 1. The number of carbonyl (C=O) groups is 1. The molecule has 0 aliphatic heterocycles. The minimum Gasteiger partial charge on any atom is -0.506 e. The van der Waals surface area contributed by atoms with Crippen LogP contribution in [0.25, 0.3) is 0 Å². The van der Waals surface area contributed by atoms with Crippen LogP contribution in [-0.2, 0) is 0 Å². The van der Waals surface area contributed by atoms with E-state index in [-0.39, 0.29) is 11.4 Å². The number of amides is 2. The molecule has 8 nitrogen and oxygen atoms in total. The van der Waals surface area contributed by atoms with Gasteiger partial charge >= 0.3 is 6.03 Å². The third kappa shape index (κ3) is 3.42. The van der Waals surface area contributed by atoms with Gasteiger partial charge in [-0.05, 0) is 18.2 Å². The Bertz CT molecular complexity index is 717. The van der Waals surface area contributed by atoms with Crippen LogP contribution in [0.1, 0.15) is 0 Å². The predicted octanol–water partition coefficient (Wildman–Crippen LogP) is 2.95. The highest BCUT2D eigenvalue weighted by molar-refractivity contribution is 6.01. The maximum absolute atomic E-state index is 11.9. The molecule has 2 aromatic carbocycles. The number of aromatic hydroxyl groups is 1. The van der Waals surface area contributed by atoms with Crippen molar-refractivity contribution >= 4 is 23.1 Å². The van der Waals surface area contributed by atoms with Gasteiger partial charge < -0.3 is 20.5 Å². The molecule has 0 atom stereocenters. The molecule has 0 spiro atoms. The first-order valence-corrected chi connectivity index (χ1v) is 6.19. The molecule has 0 unspecified atom stereocenters. The number of carbonyl (C=O) groups excluding carboxylic acids is 1. The van der Waals surface area contributed by atoms with Crippen molar-refractivity contribution in [2.24, 2.45) is 0 Å². The van der Waals surface area contributed by atoms with Crippen LogP contribution < -0.4 is 15.4 Å². The zero-order chi connectivity index (χ0) is 16.1. The molecule has 2 rings (SSSR count). The lowest BCUT2D eigenvalue weighted by Gasteiger charge is -2.11. The van der Waals surface area contributed by atoms with Crippen LogP contribution in [-0.4, -0.2) is 23.2 Å². The SMILES string of the molecule is COc1ccccc1NC(=O)Nc1ccc([N+](=O)[O-])cc1O. The Morgan fingerprint density at radius 1 is 1.18 bits per heavy atom. The molecule has 0 bridgehead atoms. The van der Waals surface area contributed by atoms with Crippen molar-refractivity contribution in [3.05, 3.63) is 52.6 Å². The monoisotopic (exact) mass is 303 g/mol. The zero-order valence-corrected chi connectivity index (χ0v) is 11.6. The van der Waals surface area contributed by atoms with Crippen molar-refractivity contribution in [3.8, 4) is 11.5 Å². The van der Waals surface area contributed by atoms with E-state index in [0.29, 0.717) is 11.4 Å². The number of hydrogen-bond acceptors (Lipinski definition) is 5. The highest BCUT2D eigenvalue weighted by Crippen LogP contribution is 2.28. The highest BCUT2D eigenvalue weighted by atomic mass is 16.6. The molecule has 0 fully saturated rings. The summed E-state index contributed by atoms with van der Waals surface area (Å²) >= 11 is 0. The summed E-state index contributed by atoms with van der Waals surface area (Å²) < 4.78 is 5.10. The molecule has 0 aliphatic carbocycles. The Morgan fingerprint density at radius 3 is 2.50 bits per heavy atom. The number of anilines is 2. The van der Waals surface area contributed by atoms with Gasteiger partial charge in [-0.1, -0.05) is 12.1 Å². The Labute approximate surface area is 125 Å². The number of benzene rings is 2. The molecule has 22 heavy (non-hydrogen) atoms. The predicted molar refractivity (Wildman–Crippen MR) is 80.4 cm³/mol. The van der Waals surface area contributed by atoms with Gasteiger partial charge in [0.05, 0.1) is 29.5 Å². The zero-order valence-electron chi connectivity index (χ0n) is 11.6. The van der Waals surface area contributed by atoms with Crippen molar-refractivity contribution < 1.29 is 19.6 Å². The molecule has 0 heterocycles. The van der Waals surface area contributed by atoms with E-state index in [9.17, 15) is 20.0 Å². The average molecular weight is 303 g/mol. The van der Waals surface area contributed by atoms with Crippen molar-refractivity contribution in [2.75, 3.05) is 17.7 Å². The number of para-hydroxylation sites is 2. The van der Waals surface area contributed by atoms with Gasteiger partial charge in [-0.2, -0.15) is 0 Å². The van der Waals surface area contributed by atoms with E-state index in [2.05, 4.69) is 10.6 Å². The lowest BCUT2D eigenvalue weighted by atomic mass is 10.2. The first-order valence-electron chi connectivity index (χ1n) is 6.19. The molecule has 0 aliphatic rings. The number of non-ortho nitro benzene ring substituents is 1. The largest absolute Gasteiger partial charge is 0.506 e. The number of nitrogens with one attached hydrogen (secondary N) is 2. The first-order chi connectivity index (χ1) is 10.5. The second-order valence-electron chi connectivity index (χ2n) is 4.24. The molecule has 0 radical (unpaired) electrons. The topological polar surface area (TPSA) is 114 Å². The summed E-state index contributed by atoms with van der Waals surface area (Å²) in [5.74, 6) is 0.0787. The van der Waals surface area contributed by atoms with Gasteiger partial charge in [-0.15, -0.1) is 0 Å². The number of phenolic OH excluding ortho intramolecular Hbond substituents is 1. The maximum atomic E-state index is 11.9. The second kappa shape index (κ2) is 6.44. The van der Waals surface area contributed by atoms with Crippen LogP contribution in [0.3, 0.4) is 0 Å². The van der Waals surface area contributed by atoms with Gasteiger partial charge in [0.25, 0.3) is 5.69 Å². The third-order valence-electron chi connectivity index (χ3n) is 2.80. The maximum Gasteiger partial charge on any atom is 0.323 e. The minimum absolute atomic E-state index is 0.0537. The third-order valence-corrected chi connectivity index (χ3v) is 2.80. The molecule has 0 aromatic heterocycles. The molecule has 8 heteroatoms. The summed E-state index contributed by atoms with van der Waals surface area (Å²) in [6.45, 7) is 0. The second-order valence-corrected chi connectivity index (χ2v) is 4.24.